The van der Waals surface area contributed by atoms with E-state index in [1.165, 1.54) is 25.9 Å². The molecule has 3 nitrogen and oxygen atoms in total. The number of nitrogens with zero attached hydrogens (tertiary/aromatic N) is 2. The molecule has 1 aliphatic rings. The Bertz CT molecular complexity index is 127. The van der Waals surface area contributed by atoms with Crippen molar-refractivity contribution in [3.63, 3.8) is 0 Å². The third kappa shape index (κ3) is 2.73. The molecule has 3 heteroatoms. The highest BCUT2D eigenvalue weighted by Crippen LogP contribution is 2.14. The molecule has 2 N–H and O–H groups in total. The summed E-state index contributed by atoms with van der Waals surface area (Å²) in [5.41, 5.74) is 5.48. The van der Waals surface area contributed by atoms with Crippen LogP contribution < -0.4 is 5.73 Å². The largest absolute Gasteiger partial charge is 0.329 e. The quantitative estimate of drug-likeness (QED) is 0.645. The Morgan fingerprint density at radius 3 is 2.83 bits per heavy atom. The van der Waals surface area contributed by atoms with Crippen molar-refractivity contribution in [2.45, 2.75) is 18.9 Å². The molecule has 0 aromatic rings. The molecule has 1 aliphatic heterocycles. The van der Waals surface area contributed by atoms with Crippen LogP contribution in [0.2, 0.25) is 0 Å². The van der Waals surface area contributed by atoms with E-state index in [-0.39, 0.29) is 0 Å². The van der Waals surface area contributed by atoms with E-state index in [1.807, 2.05) is 0 Å². The minimum Gasteiger partial charge on any atom is -0.329 e. The molecule has 0 saturated carbocycles. The first-order valence-corrected chi connectivity index (χ1v) is 4.83. The normalized spacial score (nSPS) is 25.5. The van der Waals surface area contributed by atoms with Crippen LogP contribution in [0.3, 0.4) is 0 Å². The van der Waals surface area contributed by atoms with E-state index >= 15 is 0 Å². The predicted molar refractivity (Wildman–Crippen MR) is 52.2 cm³/mol. The minimum absolute atomic E-state index is 0.765. The van der Waals surface area contributed by atoms with Crippen molar-refractivity contribution < 1.29 is 0 Å². The number of likely N-dealkylation sites (tertiary alicyclic amines) is 1. The molecule has 1 fully saturated rings. The average Bonchev–Trinajstić information content (AvgIpc) is 2.37. The van der Waals surface area contributed by atoms with E-state index in [0.717, 1.165) is 19.1 Å². The van der Waals surface area contributed by atoms with Crippen LogP contribution in [0.15, 0.2) is 0 Å². The summed E-state index contributed by atoms with van der Waals surface area (Å²) in [4.78, 5) is 4.78. The zero-order valence-corrected chi connectivity index (χ0v) is 8.29. The van der Waals surface area contributed by atoms with Crippen LogP contribution in [0.4, 0.5) is 0 Å². The van der Waals surface area contributed by atoms with Gasteiger partial charge in [-0.25, -0.2) is 0 Å². The number of nitrogens with two attached hydrogens (primary N) is 1. The fourth-order valence-corrected chi connectivity index (χ4v) is 1.88. The van der Waals surface area contributed by atoms with Gasteiger partial charge in [0.1, 0.15) is 0 Å². The molecule has 0 spiro atoms. The molecule has 1 heterocycles. The van der Waals surface area contributed by atoms with Crippen molar-refractivity contribution in [3.05, 3.63) is 0 Å². The lowest BCUT2D eigenvalue weighted by atomic mass is 10.2. The molecular weight excluding hydrogens is 150 g/mol. The van der Waals surface area contributed by atoms with E-state index in [2.05, 4.69) is 23.9 Å². The fraction of sp³-hybridized carbons (Fsp3) is 1.00. The Hall–Kier alpha value is -0.120. The van der Waals surface area contributed by atoms with Crippen LogP contribution in [0.1, 0.15) is 12.8 Å². The second-order valence-corrected chi connectivity index (χ2v) is 3.83. The third-order valence-electron chi connectivity index (χ3n) is 2.70. The smallest absolute Gasteiger partial charge is 0.0220 e. The zero-order chi connectivity index (χ0) is 8.97. The van der Waals surface area contributed by atoms with Crippen LogP contribution in [0.5, 0.6) is 0 Å². The lowest BCUT2D eigenvalue weighted by Gasteiger charge is -2.25. The molecular formula is C9H21N3. The first-order valence-electron chi connectivity index (χ1n) is 4.83. The Kier molecular flexibility index (Phi) is 3.98. The number of hydrogen-bond donors (Lipinski definition) is 1. The molecule has 0 aromatic heterocycles. The Balaban J connectivity index is 2.20. The van der Waals surface area contributed by atoms with Gasteiger partial charge in [0.2, 0.25) is 0 Å². The van der Waals surface area contributed by atoms with Gasteiger partial charge in [0.25, 0.3) is 0 Å². The lowest BCUT2D eigenvalue weighted by Crippen LogP contribution is -2.38. The predicted octanol–water partition coefficient (Wildman–Crippen LogP) is -0.0289. The molecule has 12 heavy (non-hydrogen) atoms. The van der Waals surface area contributed by atoms with Gasteiger partial charge in [0.05, 0.1) is 0 Å². The van der Waals surface area contributed by atoms with Gasteiger partial charge in [-0.05, 0) is 33.5 Å². The lowest BCUT2D eigenvalue weighted by molar-refractivity contribution is 0.223. The highest BCUT2D eigenvalue weighted by molar-refractivity contribution is 4.78. The van der Waals surface area contributed by atoms with Crippen molar-refractivity contribution in [1.29, 1.82) is 0 Å². The van der Waals surface area contributed by atoms with Crippen molar-refractivity contribution in [2.75, 3.05) is 40.3 Å². The van der Waals surface area contributed by atoms with E-state index in [1.54, 1.807) is 0 Å². The molecule has 1 rings (SSSR count). The van der Waals surface area contributed by atoms with E-state index in [9.17, 15) is 0 Å². The summed E-state index contributed by atoms with van der Waals surface area (Å²) in [5, 5.41) is 0. The average molecular weight is 171 g/mol. The first-order chi connectivity index (χ1) is 5.74. The van der Waals surface area contributed by atoms with E-state index < -0.39 is 0 Å². The molecule has 0 bridgehead atoms. The highest BCUT2D eigenvalue weighted by atomic mass is 15.2. The monoisotopic (exact) mass is 171 g/mol. The third-order valence-corrected chi connectivity index (χ3v) is 2.70. The van der Waals surface area contributed by atoms with Gasteiger partial charge >= 0.3 is 0 Å². The summed E-state index contributed by atoms with van der Waals surface area (Å²) in [7, 11) is 4.37. The molecule has 0 aliphatic carbocycles. The van der Waals surface area contributed by atoms with Crippen LogP contribution >= 0.6 is 0 Å². The van der Waals surface area contributed by atoms with Crippen LogP contribution in [-0.4, -0.2) is 56.1 Å². The molecule has 72 valence electrons. The van der Waals surface area contributed by atoms with Gasteiger partial charge in [-0.15, -0.1) is 0 Å². The van der Waals surface area contributed by atoms with Crippen molar-refractivity contribution in [1.82, 2.24) is 9.80 Å². The second-order valence-electron chi connectivity index (χ2n) is 3.83. The highest BCUT2D eigenvalue weighted by Gasteiger charge is 2.21. The topological polar surface area (TPSA) is 32.5 Å². The number of likely N-dealkylation sites (N-methyl/N-ethyl adjacent to an activating group) is 2. The first kappa shape index (κ1) is 9.96. The van der Waals surface area contributed by atoms with Gasteiger partial charge in [-0.2, -0.15) is 0 Å². The Morgan fingerprint density at radius 1 is 1.58 bits per heavy atom. The van der Waals surface area contributed by atoms with Gasteiger partial charge < -0.3 is 15.5 Å². The Morgan fingerprint density at radius 2 is 2.33 bits per heavy atom. The van der Waals surface area contributed by atoms with Gasteiger partial charge in [0, 0.05) is 25.7 Å². The van der Waals surface area contributed by atoms with Crippen molar-refractivity contribution in [2.24, 2.45) is 5.73 Å². The van der Waals surface area contributed by atoms with Crippen molar-refractivity contribution >= 4 is 0 Å². The second kappa shape index (κ2) is 4.80. The molecule has 1 atom stereocenters. The maximum Gasteiger partial charge on any atom is 0.0220 e. The van der Waals surface area contributed by atoms with E-state index in [4.69, 9.17) is 5.73 Å². The summed E-state index contributed by atoms with van der Waals surface area (Å²) < 4.78 is 0. The SMILES string of the molecule is CN(CCN)CC1CCCN1C. The van der Waals surface area contributed by atoms with Crippen molar-refractivity contribution in [3.8, 4) is 0 Å². The summed E-state index contributed by atoms with van der Waals surface area (Å²) in [6, 6.07) is 0.765. The van der Waals surface area contributed by atoms with Gasteiger partial charge in [-0.3, -0.25) is 0 Å². The standard InChI is InChI=1S/C9H21N3/c1-11(7-5-10)8-9-4-3-6-12(9)2/h9H,3-8,10H2,1-2H3. The summed E-state index contributed by atoms with van der Waals surface area (Å²) in [6.45, 7) is 4.23. The minimum atomic E-state index is 0.765. The summed E-state index contributed by atoms with van der Waals surface area (Å²) in [6.07, 6.45) is 2.71. The molecule has 0 radical (unpaired) electrons. The van der Waals surface area contributed by atoms with Crippen LogP contribution in [0.25, 0.3) is 0 Å². The molecule has 1 unspecified atom stereocenters. The number of hydrogen-bond acceptors (Lipinski definition) is 3. The maximum atomic E-state index is 5.48. The molecule has 0 amide bonds. The summed E-state index contributed by atoms with van der Waals surface area (Å²) >= 11 is 0. The van der Waals surface area contributed by atoms with Crippen LogP contribution in [0, 0.1) is 0 Å². The Labute approximate surface area is 75.5 Å². The fourth-order valence-electron chi connectivity index (χ4n) is 1.88. The maximum absolute atomic E-state index is 5.48. The zero-order valence-electron chi connectivity index (χ0n) is 8.29. The van der Waals surface area contributed by atoms with Gasteiger partial charge in [0.15, 0.2) is 0 Å². The summed E-state index contributed by atoms with van der Waals surface area (Å²) in [5.74, 6) is 0. The van der Waals surface area contributed by atoms with Gasteiger partial charge in [-0.1, -0.05) is 0 Å². The molecule has 0 aromatic carbocycles. The molecule has 1 saturated heterocycles. The van der Waals surface area contributed by atoms with Crippen LogP contribution in [-0.2, 0) is 0 Å². The van der Waals surface area contributed by atoms with E-state index in [0.29, 0.717) is 0 Å². The number of rotatable bonds is 4.